The fourth-order valence-electron chi connectivity index (χ4n) is 2.46. The Labute approximate surface area is 142 Å². The Balaban J connectivity index is 1.87. The number of nitrogens with zero attached hydrogens (tertiary/aromatic N) is 1. The number of carbonyl (C=O) groups excluding carboxylic acids is 2. The molecule has 0 saturated carbocycles. The summed E-state index contributed by atoms with van der Waals surface area (Å²) >= 11 is 0. The van der Waals surface area contributed by atoms with E-state index in [4.69, 9.17) is 5.73 Å². The molecule has 0 aliphatic heterocycles. The molecule has 2 amide bonds. The van der Waals surface area contributed by atoms with Gasteiger partial charge in [-0.15, -0.1) is 0 Å². The number of nitrogens with two attached hydrogens (primary N) is 1. The highest BCUT2D eigenvalue weighted by atomic mass is 16.2. The van der Waals surface area contributed by atoms with Crippen LogP contribution in [0.15, 0.2) is 48.5 Å². The van der Waals surface area contributed by atoms with Crippen molar-refractivity contribution < 1.29 is 9.59 Å². The average molecular weight is 325 g/mol. The average Bonchev–Trinajstić information content (AvgIpc) is 2.54. The van der Waals surface area contributed by atoms with Crippen LogP contribution in [0.25, 0.3) is 0 Å². The maximum atomic E-state index is 12.1. The molecule has 2 aromatic rings. The van der Waals surface area contributed by atoms with Crippen molar-refractivity contribution in [2.75, 3.05) is 20.6 Å². The van der Waals surface area contributed by atoms with Crippen LogP contribution in [0.2, 0.25) is 0 Å². The maximum absolute atomic E-state index is 12.1. The van der Waals surface area contributed by atoms with Gasteiger partial charge in [-0.05, 0) is 55.9 Å². The van der Waals surface area contributed by atoms with Gasteiger partial charge in [0, 0.05) is 24.2 Å². The summed E-state index contributed by atoms with van der Waals surface area (Å²) in [6, 6.07) is 14.7. The van der Waals surface area contributed by atoms with Crippen molar-refractivity contribution in [1.82, 2.24) is 10.2 Å². The van der Waals surface area contributed by atoms with Crippen LogP contribution in [0.5, 0.6) is 0 Å². The van der Waals surface area contributed by atoms with E-state index in [2.05, 4.69) is 28.4 Å². The second-order valence-corrected chi connectivity index (χ2v) is 6.01. The maximum Gasteiger partial charge on any atom is 0.251 e. The fourth-order valence-corrected chi connectivity index (χ4v) is 2.46. The lowest BCUT2D eigenvalue weighted by molar-refractivity contribution is 0.0951. The first-order valence-corrected chi connectivity index (χ1v) is 7.86. The highest BCUT2D eigenvalue weighted by molar-refractivity contribution is 5.97. The SMILES string of the molecule is CN(C)Cc1cccc(CCNC(=O)c2ccc(C(N)=O)cc2)c1. The summed E-state index contributed by atoms with van der Waals surface area (Å²) in [5, 5.41) is 2.89. The van der Waals surface area contributed by atoms with Crippen LogP contribution in [0.4, 0.5) is 0 Å². The monoisotopic (exact) mass is 325 g/mol. The molecule has 2 rings (SSSR count). The van der Waals surface area contributed by atoms with E-state index in [1.54, 1.807) is 24.3 Å². The van der Waals surface area contributed by atoms with Gasteiger partial charge in [0.05, 0.1) is 0 Å². The number of primary amides is 1. The molecule has 0 aliphatic rings. The van der Waals surface area contributed by atoms with Gasteiger partial charge in [0.15, 0.2) is 0 Å². The van der Waals surface area contributed by atoms with Crippen LogP contribution >= 0.6 is 0 Å². The number of nitrogens with one attached hydrogen (secondary N) is 1. The number of carbonyl (C=O) groups is 2. The Hall–Kier alpha value is -2.66. The van der Waals surface area contributed by atoms with Crippen LogP contribution in [0.1, 0.15) is 31.8 Å². The van der Waals surface area contributed by atoms with Crippen molar-refractivity contribution in [1.29, 1.82) is 0 Å². The lowest BCUT2D eigenvalue weighted by atomic mass is 10.1. The van der Waals surface area contributed by atoms with Crippen LogP contribution in [0, 0.1) is 0 Å². The predicted molar refractivity (Wildman–Crippen MR) is 94.8 cm³/mol. The van der Waals surface area contributed by atoms with Gasteiger partial charge in [-0.2, -0.15) is 0 Å². The summed E-state index contributed by atoms with van der Waals surface area (Å²) in [5.74, 6) is -0.657. The molecule has 2 aromatic carbocycles. The van der Waals surface area contributed by atoms with Crippen LogP contribution in [-0.4, -0.2) is 37.4 Å². The third kappa shape index (κ3) is 5.21. The van der Waals surface area contributed by atoms with Gasteiger partial charge in [-0.3, -0.25) is 9.59 Å². The first-order chi connectivity index (χ1) is 11.5. The first kappa shape index (κ1) is 17.7. The van der Waals surface area contributed by atoms with Crippen LogP contribution in [-0.2, 0) is 13.0 Å². The normalized spacial score (nSPS) is 10.6. The van der Waals surface area contributed by atoms with E-state index in [1.807, 2.05) is 20.2 Å². The lowest BCUT2D eigenvalue weighted by Gasteiger charge is -2.11. The summed E-state index contributed by atoms with van der Waals surface area (Å²) < 4.78 is 0. The van der Waals surface area contributed by atoms with Crippen molar-refractivity contribution in [2.45, 2.75) is 13.0 Å². The molecule has 0 aromatic heterocycles. The van der Waals surface area contributed by atoms with Crippen molar-refractivity contribution in [3.05, 3.63) is 70.8 Å². The number of hydrogen-bond acceptors (Lipinski definition) is 3. The van der Waals surface area contributed by atoms with E-state index < -0.39 is 5.91 Å². The summed E-state index contributed by atoms with van der Waals surface area (Å²) in [6.07, 6.45) is 0.770. The molecule has 0 bridgehead atoms. The fraction of sp³-hybridized carbons (Fsp3) is 0.263. The summed E-state index contributed by atoms with van der Waals surface area (Å²) in [6.45, 7) is 1.45. The molecule has 126 valence electrons. The van der Waals surface area contributed by atoms with Gasteiger partial charge in [0.1, 0.15) is 0 Å². The zero-order valence-corrected chi connectivity index (χ0v) is 14.1. The van der Waals surface area contributed by atoms with E-state index in [-0.39, 0.29) is 5.91 Å². The molecule has 0 aliphatic carbocycles. The quantitative estimate of drug-likeness (QED) is 0.815. The molecular weight excluding hydrogens is 302 g/mol. The van der Waals surface area contributed by atoms with E-state index in [9.17, 15) is 9.59 Å². The number of hydrogen-bond donors (Lipinski definition) is 2. The van der Waals surface area contributed by atoms with Crippen molar-refractivity contribution in [3.63, 3.8) is 0 Å². The predicted octanol–water partition coefficient (Wildman–Crippen LogP) is 1.82. The molecule has 3 N–H and O–H groups in total. The smallest absolute Gasteiger partial charge is 0.251 e. The Kier molecular flexibility index (Phi) is 6.09. The first-order valence-electron chi connectivity index (χ1n) is 7.86. The van der Waals surface area contributed by atoms with Crippen molar-refractivity contribution in [2.24, 2.45) is 5.73 Å². The molecule has 0 unspecified atom stereocenters. The van der Waals surface area contributed by atoms with Gasteiger partial charge < -0.3 is 16.0 Å². The zero-order chi connectivity index (χ0) is 17.5. The number of amides is 2. The van der Waals surface area contributed by atoms with E-state index in [0.29, 0.717) is 17.7 Å². The third-order valence-corrected chi connectivity index (χ3v) is 3.62. The summed E-state index contributed by atoms with van der Waals surface area (Å²) in [4.78, 5) is 25.2. The zero-order valence-electron chi connectivity index (χ0n) is 14.1. The minimum atomic E-state index is -0.500. The molecule has 5 nitrogen and oxygen atoms in total. The van der Waals surface area contributed by atoms with E-state index in [0.717, 1.165) is 13.0 Å². The molecule has 0 atom stereocenters. The second-order valence-electron chi connectivity index (χ2n) is 6.01. The molecule has 0 fully saturated rings. The van der Waals surface area contributed by atoms with E-state index >= 15 is 0 Å². The topological polar surface area (TPSA) is 75.4 Å². The lowest BCUT2D eigenvalue weighted by Crippen LogP contribution is -2.25. The Morgan fingerprint density at radius 1 is 1.00 bits per heavy atom. The number of rotatable bonds is 7. The minimum absolute atomic E-state index is 0.157. The van der Waals surface area contributed by atoms with Crippen LogP contribution in [0.3, 0.4) is 0 Å². The van der Waals surface area contributed by atoms with Crippen molar-refractivity contribution in [3.8, 4) is 0 Å². The number of benzene rings is 2. The molecule has 0 radical (unpaired) electrons. The molecule has 0 spiro atoms. The highest BCUT2D eigenvalue weighted by Gasteiger charge is 2.07. The molecule has 24 heavy (non-hydrogen) atoms. The van der Waals surface area contributed by atoms with Gasteiger partial charge in [0.2, 0.25) is 5.91 Å². The standard InChI is InChI=1S/C19H23N3O2/c1-22(2)13-15-5-3-4-14(12-15)10-11-21-19(24)17-8-6-16(7-9-17)18(20)23/h3-9,12H,10-11,13H2,1-2H3,(H2,20,23)(H,21,24). The van der Waals surface area contributed by atoms with Gasteiger partial charge in [-0.25, -0.2) is 0 Å². The van der Waals surface area contributed by atoms with Crippen LogP contribution < -0.4 is 11.1 Å². The Bertz CT molecular complexity index is 709. The summed E-state index contributed by atoms with van der Waals surface area (Å²) in [5.41, 5.74) is 8.54. The summed E-state index contributed by atoms with van der Waals surface area (Å²) in [7, 11) is 4.08. The third-order valence-electron chi connectivity index (χ3n) is 3.62. The van der Waals surface area contributed by atoms with Crippen molar-refractivity contribution >= 4 is 11.8 Å². The highest BCUT2D eigenvalue weighted by Crippen LogP contribution is 2.08. The Morgan fingerprint density at radius 3 is 2.25 bits per heavy atom. The largest absolute Gasteiger partial charge is 0.366 e. The molecule has 0 saturated heterocycles. The minimum Gasteiger partial charge on any atom is -0.366 e. The van der Waals surface area contributed by atoms with Gasteiger partial charge in [0.25, 0.3) is 5.91 Å². The van der Waals surface area contributed by atoms with Gasteiger partial charge >= 0.3 is 0 Å². The molecular formula is C19H23N3O2. The molecule has 5 heteroatoms. The van der Waals surface area contributed by atoms with Gasteiger partial charge in [-0.1, -0.05) is 24.3 Å². The van der Waals surface area contributed by atoms with E-state index in [1.165, 1.54) is 11.1 Å². The second kappa shape index (κ2) is 8.26. The Morgan fingerprint density at radius 2 is 1.62 bits per heavy atom. The molecule has 0 heterocycles.